The zero-order chi connectivity index (χ0) is 14.7. The van der Waals surface area contributed by atoms with Crippen LogP contribution in [0.1, 0.15) is 62.6 Å². The summed E-state index contributed by atoms with van der Waals surface area (Å²) < 4.78 is 0. The Labute approximate surface area is 134 Å². The number of rotatable bonds is 3. The second-order valence-electron chi connectivity index (χ2n) is 6.93. The summed E-state index contributed by atoms with van der Waals surface area (Å²) >= 11 is 2.29. The predicted octanol–water partition coefficient (Wildman–Crippen LogP) is 4.96. The molecule has 1 nitrogen and oxygen atoms in total. The number of thioether (sulfide) groups is 1. The number of nitrogens with one attached hydrogen (secondary N) is 1. The van der Waals surface area contributed by atoms with E-state index in [2.05, 4.69) is 55.3 Å². The third-order valence-corrected chi connectivity index (χ3v) is 6.93. The molecule has 0 amide bonds. The molecule has 3 rings (SSSR count). The second kappa shape index (κ2) is 7.19. The van der Waals surface area contributed by atoms with Crippen molar-refractivity contribution in [3.05, 3.63) is 35.4 Å². The van der Waals surface area contributed by atoms with Gasteiger partial charge in [0.25, 0.3) is 0 Å². The van der Waals surface area contributed by atoms with Crippen molar-refractivity contribution in [2.24, 2.45) is 5.92 Å². The molecular weight excluding hydrogens is 274 g/mol. The van der Waals surface area contributed by atoms with E-state index in [1.807, 2.05) is 0 Å². The Hall–Kier alpha value is -0.470. The first kappa shape index (κ1) is 15.4. The van der Waals surface area contributed by atoms with Crippen molar-refractivity contribution in [1.29, 1.82) is 0 Å². The molecule has 2 aliphatic carbocycles. The average Bonchev–Trinajstić information content (AvgIpc) is 2.66. The maximum atomic E-state index is 3.63. The highest BCUT2D eigenvalue weighted by atomic mass is 32.2. The molecule has 1 aromatic carbocycles. The molecule has 1 N–H and O–H groups in total. The highest BCUT2D eigenvalue weighted by Crippen LogP contribution is 2.41. The molecule has 2 heteroatoms. The normalized spacial score (nSPS) is 33.2. The molecule has 0 bridgehead atoms. The molecule has 0 saturated heterocycles. The van der Waals surface area contributed by atoms with Gasteiger partial charge in [0.1, 0.15) is 0 Å². The van der Waals surface area contributed by atoms with Crippen LogP contribution >= 0.6 is 11.8 Å². The van der Waals surface area contributed by atoms with Gasteiger partial charge in [-0.25, -0.2) is 0 Å². The summed E-state index contributed by atoms with van der Waals surface area (Å²) in [5.74, 6) is 0.933. The van der Waals surface area contributed by atoms with Crippen LogP contribution in [0.2, 0.25) is 0 Å². The Kier molecular flexibility index (Phi) is 5.29. The van der Waals surface area contributed by atoms with E-state index in [1.54, 1.807) is 11.1 Å². The maximum absolute atomic E-state index is 3.63. The molecule has 21 heavy (non-hydrogen) atoms. The van der Waals surface area contributed by atoms with Crippen molar-refractivity contribution >= 4 is 11.8 Å². The van der Waals surface area contributed by atoms with Crippen molar-refractivity contribution in [3.63, 3.8) is 0 Å². The summed E-state index contributed by atoms with van der Waals surface area (Å²) in [6.45, 7) is 2.44. The monoisotopic (exact) mass is 303 g/mol. The Morgan fingerprint density at radius 2 is 1.95 bits per heavy atom. The van der Waals surface area contributed by atoms with Gasteiger partial charge in [-0.3, -0.25) is 0 Å². The molecule has 1 aromatic rings. The third-order valence-electron chi connectivity index (χ3n) is 5.26. The first-order valence-corrected chi connectivity index (χ1v) is 9.62. The van der Waals surface area contributed by atoms with Crippen molar-refractivity contribution < 1.29 is 0 Å². The topological polar surface area (TPSA) is 12.0 Å². The molecule has 2 aliphatic rings. The fourth-order valence-electron chi connectivity index (χ4n) is 4.16. The lowest BCUT2D eigenvalue weighted by Gasteiger charge is -2.33. The van der Waals surface area contributed by atoms with E-state index in [-0.39, 0.29) is 0 Å². The molecule has 0 aliphatic heterocycles. The van der Waals surface area contributed by atoms with Crippen LogP contribution < -0.4 is 5.32 Å². The fourth-order valence-corrected chi connectivity index (χ4v) is 6.14. The van der Waals surface area contributed by atoms with Crippen LogP contribution in [0.3, 0.4) is 0 Å². The first-order valence-electron chi connectivity index (χ1n) is 8.68. The third kappa shape index (κ3) is 3.65. The SMILES string of the molecule is CNC1c2ccccc2CCCC1SC1CCCC(C)C1. The highest BCUT2D eigenvalue weighted by molar-refractivity contribution is 8.00. The van der Waals surface area contributed by atoms with Crippen LogP contribution in [0.4, 0.5) is 0 Å². The van der Waals surface area contributed by atoms with Crippen LogP contribution in [0.5, 0.6) is 0 Å². The first-order chi connectivity index (χ1) is 10.3. The number of fused-ring (bicyclic) bond motifs is 1. The number of benzene rings is 1. The Morgan fingerprint density at radius 1 is 1.10 bits per heavy atom. The van der Waals surface area contributed by atoms with Gasteiger partial charge in [0.15, 0.2) is 0 Å². The summed E-state index contributed by atoms with van der Waals surface area (Å²) in [5, 5.41) is 5.26. The molecule has 0 radical (unpaired) electrons. The molecule has 0 aromatic heterocycles. The van der Waals surface area contributed by atoms with Crippen LogP contribution in [-0.2, 0) is 6.42 Å². The molecule has 0 spiro atoms. The predicted molar refractivity (Wildman–Crippen MR) is 94.0 cm³/mol. The second-order valence-corrected chi connectivity index (χ2v) is 8.47. The zero-order valence-electron chi connectivity index (χ0n) is 13.5. The Bertz CT molecular complexity index is 459. The van der Waals surface area contributed by atoms with Gasteiger partial charge in [-0.2, -0.15) is 11.8 Å². The van der Waals surface area contributed by atoms with Gasteiger partial charge < -0.3 is 5.32 Å². The minimum atomic E-state index is 0.533. The molecule has 0 heterocycles. The van der Waals surface area contributed by atoms with Crippen molar-refractivity contribution in [3.8, 4) is 0 Å². The zero-order valence-corrected chi connectivity index (χ0v) is 14.3. The minimum Gasteiger partial charge on any atom is -0.312 e. The highest BCUT2D eigenvalue weighted by Gasteiger charge is 2.30. The fraction of sp³-hybridized carbons (Fsp3) is 0.684. The molecule has 4 atom stereocenters. The van der Waals surface area contributed by atoms with E-state index in [9.17, 15) is 0 Å². The number of hydrogen-bond acceptors (Lipinski definition) is 2. The van der Waals surface area contributed by atoms with Gasteiger partial charge in [-0.15, -0.1) is 0 Å². The summed E-state index contributed by atoms with van der Waals surface area (Å²) in [6, 6.07) is 9.61. The largest absolute Gasteiger partial charge is 0.312 e. The van der Waals surface area contributed by atoms with E-state index in [0.717, 1.165) is 16.4 Å². The summed E-state index contributed by atoms with van der Waals surface area (Å²) in [6.07, 6.45) is 9.70. The van der Waals surface area contributed by atoms with E-state index < -0.39 is 0 Å². The van der Waals surface area contributed by atoms with Crippen molar-refractivity contribution in [1.82, 2.24) is 5.32 Å². The smallest absolute Gasteiger partial charge is 0.0441 e. The summed E-state index contributed by atoms with van der Waals surface area (Å²) in [5.41, 5.74) is 3.12. The average molecular weight is 304 g/mol. The number of hydrogen-bond donors (Lipinski definition) is 1. The van der Waals surface area contributed by atoms with E-state index >= 15 is 0 Å². The van der Waals surface area contributed by atoms with Crippen LogP contribution in [0.15, 0.2) is 24.3 Å². The lowest BCUT2D eigenvalue weighted by molar-refractivity contribution is 0.392. The summed E-state index contributed by atoms with van der Waals surface area (Å²) in [7, 11) is 2.14. The molecule has 116 valence electrons. The van der Waals surface area contributed by atoms with Crippen molar-refractivity contribution in [2.75, 3.05) is 7.05 Å². The maximum Gasteiger partial charge on any atom is 0.0441 e. The number of aryl methyl sites for hydroxylation is 1. The van der Waals surface area contributed by atoms with E-state index in [1.165, 1.54) is 44.9 Å². The van der Waals surface area contributed by atoms with Crippen LogP contribution in [0, 0.1) is 5.92 Å². The molecular formula is C19H29NS. The lowest BCUT2D eigenvalue weighted by Crippen LogP contribution is -2.29. The summed E-state index contributed by atoms with van der Waals surface area (Å²) in [4.78, 5) is 0. The Morgan fingerprint density at radius 3 is 2.76 bits per heavy atom. The van der Waals surface area contributed by atoms with Crippen molar-refractivity contribution in [2.45, 2.75) is 68.4 Å². The van der Waals surface area contributed by atoms with Gasteiger partial charge in [-0.1, -0.05) is 44.0 Å². The van der Waals surface area contributed by atoms with E-state index in [0.29, 0.717) is 6.04 Å². The molecule has 4 unspecified atom stereocenters. The van der Waals surface area contributed by atoms with Crippen LogP contribution in [-0.4, -0.2) is 17.5 Å². The van der Waals surface area contributed by atoms with Gasteiger partial charge in [0.2, 0.25) is 0 Å². The lowest BCUT2D eigenvalue weighted by atomic mass is 9.90. The van der Waals surface area contributed by atoms with Crippen LogP contribution in [0.25, 0.3) is 0 Å². The molecule has 1 saturated carbocycles. The van der Waals surface area contributed by atoms with Gasteiger partial charge in [0, 0.05) is 16.5 Å². The van der Waals surface area contributed by atoms with E-state index in [4.69, 9.17) is 0 Å². The van der Waals surface area contributed by atoms with Gasteiger partial charge >= 0.3 is 0 Å². The van der Waals surface area contributed by atoms with Gasteiger partial charge in [0.05, 0.1) is 0 Å². The quantitative estimate of drug-likeness (QED) is 0.792. The standard InChI is InChI=1S/C19H29NS/c1-14-7-5-10-16(13-14)21-18-12-6-9-15-8-3-4-11-17(15)19(18)20-2/h3-4,8,11,14,16,18-20H,5-7,9-10,12-13H2,1-2H3. The molecule has 1 fully saturated rings. The van der Waals surface area contributed by atoms with Gasteiger partial charge in [-0.05, 0) is 56.2 Å². The Balaban J connectivity index is 1.75. The minimum absolute atomic E-state index is 0.533.